The Kier molecular flexibility index (Phi) is 5.05. The molecular formula is C17H22N2O2. The Labute approximate surface area is 125 Å². The van der Waals surface area contributed by atoms with Gasteiger partial charge in [-0.15, -0.1) is 0 Å². The van der Waals surface area contributed by atoms with E-state index in [2.05, 4.69) is 34.5 Å². The number of nitrogens with zero attached hydrogens (tertiary/aromatic N) is 1. The second kappa shape index (κ2) is 7.41. The largest absolute Gasteiger partial charge is 0.468 e. The van der Waals surface area contributed by atoms with Gasteiger partial charge in [0.2, 0.25) is 0 Å². The maximum atomic E-state index is 5.37. The number of ether oxygens (including phenoxy) is 1. The van der Waals surface area contributed by atoms with E-state index >= 15 is 0 Å². The highest BCUT2D eigenvalue weighted by atomic mass is 16.5. The Morgan fingerprint density at radius 1 is 0.952 bits per heavy atom. The third-order valence-electron chi connectivity index (χ3n) is 3.74. The molecule has 4 nitrogen and oxygen atoms in total. The summed E-state index contributed by atoms with van der Waals surface area (Å²) in [6.45, 7) is 6.42. The molecule has 0 bridgehead atoms. The molecule has 0 spiro atoms. The molecule has 0 unspecified atom stereocenters. The van der Waals surface area contributed by atoms with Gasteiger partial charge in [0.25, 0.3) is 0 Å². The number of morpholine rings is 1. The molecule has 1 aromatic carbocycles. The number of hydrogen-bond donors (Lipinski definition) is 1. The molecule has 1 N–H and O–H groups in total. The van der Waals surface area contributed by atoms with Crippen LogP contribution in [-0.4, -0.2) is 31.2 Å². The first-order valence-corrected chi connectivity index (χ1v) is 7.51. The lowest BCUT2D eigenvalue weighted by atomic mass is 10.1. The predicted molar refractivity (Wildman–Crippen MR) is 81.8 cm³/mol. The molecule has 21 heavy (non-hydrogen) atoms. The minimum Gasteiger partial charge on any atom is -0.468 e. The Hall–Kier alpha value is -1.62. The topological polar surface area (TPSA) is 37.6 Å². The number of nitrogens with one attached hydrogen (secondary N) is 1. The minimum absolute atomic E-state index is 0.766. The summed E-state index contributed by atoms with van der Waals surface area (Å²) in [5.74, 6) is 0.971. The SMILES string of the molecule is c1coc(CNCc2ccc(CN3CCOCC3)cc2)c1. The summed E-state index contributed by atoms with van der Waals surface area (Å²) in [5.41, 5.74) is 2.67. The average molecular weight is 286 g/mol. The smallest absolute Gasteiger partial charge is 0.117 e. The van der Waals surface area contributed by atoms with Crippen LogP contribution < -0.4 is 5.32 Å². The highest BCUT2D eigenvalue weighted by Gasteiger charge is 2.10. The number of furan rings is 1. The van der Waals surface area contributed by atoms with Crippen molar-refractivity contribution < 1.29 is 9.15 Å². The van der Waals surface area contributed by atoms with Crippen LogP contribution >= 0.6 is 0 Å². The zero-order valence-electron chi connectivity index (χ0n) is 12.3. The summed E-state index contributed by atoms with van der Waals surface area (Å²) in [6.07, 6.45) is 1.71. The van der Waals surface area contributed by atoms with Crippen LogP contribution in [0, 0.1) is 0 Å². The molecule has 2 heterocycles. The van der Waals surface area contributed by atoms with Crippen molar-refractivity contribution in [2.45, 2.75) is 19.6 Å². The second-order valence-electron chi connectivity index (χ2n) is 5.39. The van der Waals surface area contributed by atoms with Crippen molar-refractivity contribution in [1.82, 2.24) is 10.2 Å². The van der Waals surface area contributed by atoms with Gasteiger partial charge in [0.1, 0.15) is 5.76 Å². The lowest BCUT2D eigenvalue weighted by Gasteiger charge is -2.26. The summed E-state index contributed by atoms with van der Waals surface area (Å²) in [4.78, 5) is 2.44. The fourth-order valence-corrected chi connectivity index (χ4v) is 2.52. The van der Waals surface area contributed by atoms with Gasteiger partial charge in [-0.1, -0.05) is 24.3 Å². The van der Waals surface area contributed by atoms with Crippen LogP contribution in [0.25, 0.3) is 0 Å². The molecule has 0 atom stereocenters. The van der Waals surface area contributed by atoms with Crippen LogP contribution in [0.5, 0.6) is 0 Å². The van der Waals surface area contributed by atoms with E-state index in [1.165, 1.54) is 11.1 Å². The summed E-state index contributed by atoms with van der Waals surface area (Å²) < 4.78 is 10.7. The normalized spacial score (nSPS) is 16.2. The molecular weight excluding hydrogens is 264 g/mol. The van der Waals surface area contributed by atoms with Crippen LogP contribution in [0.3, 0.4) is 0 Å². The predicted octanol–water partition coefficient (Wildman–Crippen LogP) is 2.40. The average Bonchev–Trinajstić information content (AvgIpc) is 3.03. The van der Waals surface area contributed by atoms with Gasteiger partial charge in [0.05, 0.1) is 26.0 Å². The van der Waals surface area contributed by atoms with Gasteiger partial charge in [-0.3, -0.25) is 4.90 Å². The third kappa shape index (κ3) is 4.43. The molecule has 0 aliphatic carbocycles. The molecule has 1 aliphatic heterocycles. The number of rotatable bonds is 6. The van der Waals surface area contributed by atoms with Gasteiger partial charge in [-0.25, -0.2) is 0 Å². The van der Waals surface area contributed by atoms with Gasteiger partial charge in [-0.05, 0) is 23.3 Å². The lowest BCUT2D eigenvalue weighted by Crippen LogP contribution is -2.35. The van der Waals surface area contributed by atoms with Crippen LogP contribution in [-0.2, 0) is 24.4 Å². The van der Waals surface area contributed by atoms with Crippen molar-refractivity contribution in [1.29, 1.82) is 0 Å². The fraction of sp³-hybridized carbons (Fsp3) is 0.412. The Balaban J connectivity index is 1.44. The van der Waals surface area contributed by atoms with E-state index < -0.39 is 0 Å². The van der Waals surface area contributed by atoms with Gasteiger partial charge >= 0.3 is 0 Å². The molecule has 1 saturated heterocycles. The quantitative estimate of drug-likeness (QED) is 0.885. The summed E-state index contributed by atoms with van der Waals surface area (Å²) in [7, 11) is 0. The molecule has 1 aliphatic rings. The van der Waals surface area contributed by atoms with Crippen molar-refractivity contribution in [2.75, 3.05) is 26.3 Å². The van der Waals surface area contributed by atoms with Crippen molar-refractivity contribution >= 4 is 0 Å². The van der Waals surface area contributed by atoms with Crippen molar-refractivity contribution in [3.63, 3.8) is 0 Å². The standard InChI is InChI=1S/C17H22N2O2/c1-2-17(21-9-1)13-18-12-15-3-5-16(6-4-15)14-19-7-10-20-11-8-19/h1-6,9,18H,7-8,10-14H2. The van der Waals surface area contributed by atoms with Crippen LogP contribution in [0.15, 0.2) is 47.1 Å². The van der Waals surface area contributed by atoms with Crippen LogP contribution in [0.1, 0.15) is 16.9 Å². The molecule has 4 heteroatoms. The third-order valence-corrected chi connectivity index (χ3v) is 3.74. The van der Waals surface area contributed by atoms with Crippen molar-refractivity contribution in [2.24, 2.45) is 0 Å². The Morgan fingerprint density at radius 3 is 2.43 bits per heavy atom. The van der Waals surface area contributed by atoms with E-state index in [9.17, 15) is 0 Å². The highest BCUT2D eigenvalue weighted by molar-refractivity contribution is 5.22. The minimum atomic E-state index is 0.766. The van der Waals surface area contributed by atoms with E-state index in [1.807, 2.05) is 12.1 Å². The first-order chi connectivity index (χ1) is 10.4. The molecule has 0 radical (unpaired) electrons. The molecule has 1 aromatic heterocycles. The molecule has 2 aromatic rings. The van der Waals surface area contributed by atoms with Crippen LogP contribution in [0.2, 0.25) is 0 Å². The second-order valence-corrected chi connectivity index (χ2v) is 5.39. The van der Waals surface area contributed by atoms with Crippen molar-refractivity contribution in [3.8, 4) is 0 Å². The summed E-state index contributed by atoms with van der Waals surface area (Å²) in [6, 6.07) is 12.7. The molecule has 112 valence electrons. The van der Waals surface area contributed by atoms with Crippen LogP contribution in [0.4, 0.5) is 0 Å². The van der Waals surface area contributed by atoms with Crippen molar-refractivity contribution in [3.05, 3.63) is 59.5 Å². The zero-order valence-corrected chi connectivity index (χ0v) is 12.3. The monoisotopic (exact) mass is 286 g/mol. The Morgan fingerprint density at radius 2 is 1.71 bits per heavy atom. The number of benzene rings is 1. The fourth-order valence-electron chi connectivity index (χ4n) is 2.52. The first-order valence-electron chi connectivity index (χ1n) is 7.51. The lowest BCUT2D eigenvalue weighted by molar-refractivity contribution is 0.0342. The maximum Gasteiger partial charge on any atom is 0.117 e. The van der Waals surface area contributed by atoms with Gasteiger partial charge < -0.3 is 14.5 Å². The van der Waals surface area contributed by atoms with E-state index in [0.717, 1.165) is 51.7 Å². The zero-order chi connectivity index (χ0) is 14.3. The molecule has 0 saturated carbocycles. The van der Waals surface area contributed by atoms with E-state index in [0.29, 0.717) is 0 Å². The first kappa shape index (κ1) is 14.3. The summed E-state index contributed by atoms with van der Waals surface area (Å²) in [5, 5.41) is 3.38. The summed E-state index contributed by atoms with van der Waals surface area (Å²) >= 11 is 0. The van der Waals surface area contributed by atoms with Gasteiger partial charge in [-0.2, -0.15) is 0 Å². The maximum absolute atomic E-state index is 5.37. The number of hydrogen-bond acceptors (Lipinski definition) is 4. The van der Waals surface area contributed by atoms with E-state index in [-0.39, 0.29) is 0 Å². The molecule has 0 amide bonds. The van der Waals surface area contributed by atoms with Gasteiger partial charge in [0.15, 0.2) is 0 Å². The highest BCUT2D eigenvalue weighted by Crippen LogP contribution is 2.09. The van der Waals surface area contributed by atoms with E-state index in [4.69, 9.17) is 9.15 Å². The molecule has 1 fully saturated rings. The van der Waals surface area contributed by atoms with E-state index in [1.54, 1.807) is 6.26 Å². The Bertz CT molecular complexity index is 516. The molecule has 3 rings (SSSR count). The van der Waals surface area contributed by atoms with Gasteiger partial charge in [0, 0.05) is 26.2 Å².